The summed E-state index contributed by atoms with van der Waals surface area (Å²) in [5.41, 5.74) is 0.912. The molecule has 0 saturated carbocycles. The van der Waals surface area contributed by atoms with E-state index in [0.29, 0.717) is 0 Å². The predicted molar refractivity (Wildman–Crippen MR) is 60.9 cm³/mol. The Kier molecular flexibility index (Phi) is 3.96. The molecule has 0 spiro atoms. The van der Waals surface area contributed by atoms with Crippen molar-refractivity contribution < 1.29 is 4.79 Å². The van der Waals surface area contributed by atoms with Gasteiger partial charge in [0.15, 0.2) is 0 Å². The molecule has 1 aromatic rings. The Balaban J connectivity index is 2.71. The molecule has 0 saturated heterocycles. The van der Waals surface area contributed by atoms with Crippen LogP contribution in [0.15, 0.2) is 11.4 Å². The molecule has 1 unspecified atom stereocenters. The summed E-state index contributed by atoms with van der Waals surface area (Å²) in [5.74, 6) is -0.122. The number of amides is 1. The SMILES string of the molecule is Cc1sccc1C(Cl)C(=O)NC(C)C. The third-order valence-corrected chi connectivity index (χ3v) is 3.13. The van der Waals surface area contributed by atoms with Crippen LogP contribution in [0.5, 0.6) is 0 Å². The van der Waals surface area contributed by atoms with Crippen LogP contribution < -0.4 is 5.32 Å². The quantitative estimate of drug-likeness (QED) is 0.797. The van der Waals surface area contributed by atoms with Gasteiger partial charge in [-0.1, -0.05) is 0 Å². The maximum atomic E-state index is 11.6. The van der Waals surface area contributed by atoms with Gasteiger partial charge in [-0.3, -0.25) is 4.79 Å². The molecule has 1 atom stereocenters. The number of thiophene rings is 1. The van der Waals surface area contributed by atoms with E-state index in [4.69, 9.17) is 11.6 Å². The number of alkyl halides is 1. The normalized spacial score (nSPS) is 12.9. The minimum absolute atomic E-state index is 0.122. The van der Waals surface area contributed by atoms with Gasteiger partial charge in [0, 0.05) is 10.9 Å². The van der Waals surface area contributed by atoms with Crippen molar-refractivity contribution in [3.05, 3.63) is 21.9 Å². The minimum atomic E-state index is -0.566. The Morgan fingerprint density at radius 2 is 2.21 bits per heavy atom. The number of hydrogen-bond donors (Lipinski definition) is 1. The molecule has 2 nitrogen and oxygen atoms in total. The standard InChI is InChI=1S/C10H14ClNOS/c1-6(2)12-10(13)9(11)8-4-5-14-7(8)3/h4-6,9H,1-3H3,(H,12,13). The molecular formula is C10H14ClNOS. The Morgan fingerprint density at radius 1 is 1.57 bits per heavy atom. The maximum absolute atomic E-state index is 11.6. The fourth-order valence-corrected chi connectivity index (χ4v) is 2.26. The second-order valence-corrected chi connectivity index (χ2v) is 5.01. The summed E-state index contributed by atoms with van der Waals surface area (Å²) < 4.78 is 0. The molecule has 0 aromatic carbocycles. The largest absolute Gasteiger partial charge is 0.352 e. The molecule has 1 rings (SSSR count). The van der Waals surface area contributed by atoms with Gasteiger partial charge in [0.05, 0.1) is 0 Å². The van der Waals surface area contributed by atoms with Crippen molar-refractivity contribution in [1.29, 1.82) is 0 Å². The van der Waals surface area contributed by atoms with Crippen LogP contribution in [0.1, 0.15) is 29.7 Å². The van der Waals surface area contributed by atoms with Crippen LogP contribution in [0.4, 0.5) is 0 Å². The maximum Gasteiger partial charge on any atom is 0.242 e. The first-order valence-corrected chi connectivity index (χ1v) is 5.82. The molecule has 0 radical (unpaired) electrons. The number of nitrogens with one attached hydrogen (secondary N) is 1. The highest BCUT2D eigenvalue weighted by Crippen LogP contribution is 2.27. The van der Waals surface area contributed by atoms with Crippen LogP contribution in [-0.4, -0.2) is 11.9 Å². The molecule has 1 aromatic heterocycles. The first kappa shape index (κ1) is 11.5. The molecule has 78 valence electrons. The molecule has 1 N–H and O–H groups in total. The van der Waals surface area contributed by atoms with Crippen LogP contribution in [-0.2, 0) is 4.79 Å². The lowest BCUT2D eigenvalue weighted by molar-refractivity contribution is -0.121. The van der Waals surface area contributed by atoms with E-state index in [2.05, 4.69) is 5.32 Å². The Bertz CT molecular complexity index is 322. The zero-order chi connectivity index (χ0) is 10.7. The van der Waals surface area contributed by atoms with Gasteiger partial charge in [-0.05, 0) is 37.8 Å². The van der Waals surface area contributed by atoms with Gasteiger partial charge in [-0.25, -0.2) is 0 Å². The van der Waals surface area contributed by atoms with E-state index < -0.39 is 5.38 Å². The van der Waals surface area contributed by atoms with Gasteiger partial charge in [-0.15, -0.1) is 22.9 Å². The average molecular weight is 232 g/mol. The topological polar surface area (TPSA) is 29.1 Å². The highest BCUT2D eigenvalue weighted by Gasteiger charge is 2.20. The van der Waals surface area contributed by atoms with Crippen molar-refractivity contribution in [3.63, 3.8) is 0 Å². The van der Waals surface area contributed by atoms with Gasteiger partial charge in [0.2, 0.25) is 5.91 Å². The zero-order valence-corrected chi connectivity index (χ0v) is 10.1. The zero-order valence-electron chi connectivity index (χ0n) is 8.50. The average Bonchev–Trinajstić information content (AvgIpc) is 2.48. The van der Waals surface area contributed by atoms with Crippen molar-refractivity contribution in [1.82, 2.24) is 5.32 Å². The highest BCUT2D eigenvalue weighted by molar-refractivity contribution is 7.10. The molecule has 0 bridgehead atoms. The first-order chi connectivity index (χ1) is 6.52. The summed E-state index contributed by atoms with van der Waals surface area (Å²) in [6, 6.07) is 2.03. The van der Waals surface area contributed by atoms with Crippen molar-refractivity contribution in [2.75, 3.05) is 0 Å². The molecule has 1 heterocycles. The summed E-state index contributed by atoms with van der Waals surface area (Å²) in [4.78, 5) is 12.7. The monoisotopic (exact) mass is 231 g/mol. The van der Waals surface area contributed by atoms with E-state index in [0.717, 1.165) is 10.4 Å². The molecular weight excluding hydrogens is 218 g/mol. The summed E-state index contributed by atoms with van der Waals surface area (Å²) in [5, 5.41) is 4.17. The lowest BCUT2D eigenvalue weighted by atomic mass is 10.2. The molecule has 4 heteroatoms. The van der Waals surface area contributed by atoms with E-state index in [9.17, 15) is 4.79 Å². The van der Waals surface area contributed by atoms with Gasteiger partial charge in [0.1, 0.15) is 5.38 Å². The molecule has 0 aliphatic rings. The van der Waals surface area contributed by atoms with Crippen molar-refractivity contribution >= 4 is 28.8 Å². The second kappa shape index (κ2) is 4.80. The van der Waals surface area contributed by atoms with Gasteiger partial charge < -0.3 is 5.32 Å². The second-order valence-electron chi connectivity index (χ2n) is 3.46. The lowest BCUT2D eigenvalue weighted by Gasteiger charge is -2.12. The summed E-state index contributed by atoms with van der Waals surface area (Å²) in [6.45, 7) is 5.81. The van der Waals surface area contributed by atoms with Crippen molar-refractivity contribution in [3.8, 4) is 0 Å². The minimum Gasteiger partial charge on any atom is -0.352 e. The third-order valence-electron chi connectivity index (χ3n) is 1.83. The highest BCUT2D eigenvalue weighted by atomic mass is 35.5. The molecule has 14 heavy (non-hydrogen) atoms. The third kappa shape index (κ3) is 2.72. The summed E-state index contributed by atoms with van der Waals surface area (Å²) in [7, 11) is 0. The number of carbonyl (C=O) groups is 1. The van der Waals surface area contributed by atoms with Gasteiger partial charge in [-0.2, -0.15) is 0 Å². The van der Waals surface area contributed by atoms with E-state index in [1.54, 1.807) is 11.3 Å². The number of hydrogen-bond acceptors (Lipinski definition) is 2. The summed E-state index contributed by atoms with van der Waals surface area (Å²) in [6.07, 6.45) is 0. The molecule has 0 fully saturated rings. The predicted octanol–water partition coefficient (Wildman–Crippen LogP) is 2.86. The molecule has 0 aliphatic carbocycles. The van der Waals surface area contributed by atoms with Crippen LogP contribution in [0, 0.1) is 6.92 Å². The molecule has 0 aliphatic heterocycles. The Morgan fingerprint density at radius 3 is 2.64 bits per heavy atom. The number of rotatable bonds is 3. The van der Waals surface area contributed by atoms with Crippen LogP contribution >= 0.6 is 22.9 Å². The van der Waals surface area contributed by atoms with E-state index in [-0.39, 0.29) is 11.9 Å². The Labute approximate surface area is 93.3 Å². The lowest BCUT2D eigenvalue weighted by Crippen LogP contribution is -2.32. The summed E-state index contributed by atoms with van der Waals surface area (Å²) >= 11 is 7.65. The van der Waals surface area contributed by atoms with E-state index in [1.165, 1.54) is 0 Å². The van der Waals surface area contributed by atoms with E-state index >= 15 is 0 Å². The van der Waals surface area contributed by atoms with Gasteiger partial charge in [0.25, 0.3) is 0 Å². The smallest absolute Gasteiger partial charge is 0.242 e. The fraction of sp³-hybridized carbons (Fsp3) is 0.500. The van der Waals surface area contributed by atoms with Crippen molar-refractivity contribution in [2.45, 2.75) is 32.2 Å². The van der Waals surface area contributed by atoms with Crippen LogP contribution in [0.25, 0.3) is 0 Å². The van der Waals surface area contributed by atoms with E-state index in [1.807, 2.05) is 32.2 Å². The van der Waals surface area contributed by atoms with Crippen molar-refractivity contribution in [2.24, 2.45) is 0 Å². The number of aryl methyl sites for hydroxylation is 1. The Hall–Kier alpha value is -0.540. The number of carbonyl (C=O) groups excluding carboxylic acids is 1. The van der Waals surface area contributed by atoms with Crippen LogP contribution in [0.2, 0.25) is 0 Å². The van der Waals surface area contributed by atoms with Gasteiger partial charge >= 0.3 is 0 Å². The fourth-order valence-electron chi connectivity index (χ4n) is 1.16. The van der Waals surface area contributed by atoms with Crippen LogP contribution in [0.3, 0.4) is 0 Å². The first-order valence-electron chi connectivity index (χ1n) is 4.50. The molecule has 1 amide bonds. The number of halogens is 1.